The van der Waals surface area contributed by atoms with Gasteiger partial charge in [0, 0.05) is 16.8 Å². The molecule has 0 spiro atoms. The minimum atomic E-state index is 0.0838. The van der Waals surface area contributed by atoms with Gasteiger partial charge in [-0.1, -0.05) is 29.8 Å². The molecule has 0 radical (unpaired) electrons. The van der Waals surface area contributed by atoms with Crippen LogP contribution in [0.4, 0.5) is 0 Å². The molecule has 0 aliphatic heterocycles. The molecular formula is C10H18BrNO. The molecule has 0 bridgehead atoms. The smallest absolute Gasteiger partial charge is 0.223 e. The predicted molar refractivity (Wildman–Crippen MR) is 58.0 cm³/mol. The van der Waals surface area contributed by atoms with E-state index in [1.807, 2.05) is 13.8 Å². The van der Waals surface area contributed by atoms with E-state index in [2.05, 4.69) is 21.2 Å². The Balaban J connectivity index is 2.42. The Morgan fingerprint density at radius 2 is 2.23 bits per heavy atom. The Bertz CT molecular complexity index is 184. The highest BCUT2D eigenvalue weighted by molar-refractivity contribution is 9.09. The van der Waals surface area contributed by atoms with Crippen LogP contribution in [0.2, 0.25) is 0 Å². The van der Waals surface area contributed by atoms with Crippen molar-refractivity contribution in [2.75, 3.05) is 5.33 Å². The van der Waals surface area contributed by atoms with Crippen LogP contribution in [0.15, 0.2) is 0 Å². The molecule has 1 unspecified atom stereocenters. The highest BCUT2D eigenvalue weighted by Crippen LogP contribution is 2.33. The molecule has 1 rings (SSSR count). The summed E-state index contributed by atoms with van der Waals surface area (Å²) < 4.78 is 0. The van der Waals surface area contributed by atoms with E-state index in [1.165, 1.54) is 6.42 Å². The molecule has 1 aliphatic carbocycles. The Labute approximate surface area is 88.6 Å². The number of nitrogens with one attached hydrogen (secondary N) is 1. The van der Waals surface area contributed by atoms with Crippen LogP contribution in [0.3, 0.4) is 0 Å². The molecule has 1 fully saturated rings. The quantitative estimate of drug-likeness (QED) is 0.761. The van der Waals surface area contributed by atoms with E-state index in [-0.39, 0.29) is 17.4 Å². The zero-order valence-electron chi connectivity index (χ0n) is 8.40. The van der Waals surface area contributed by atoms with Crippen LogP contribution >= 0.6 is 15.9 Å². The van der Waals surface area contributed by atoms with E-state index in [1.54, 1.807) is 0 Å². The van der Waals surface area contributed by atoms with Gasteiger partial charge in [0.25, 0.3) is 0 Å². The fraction of sp³-hybridized carbons (Fsp3) is 0.900. The normalized spacial score (nSPS) is 21.8. The molecular weight excluding hydrogens is 230 g/mol. The van der Waals surface area contributed by atoms with E-state index in [9.17, 15) is 4.79 Å². The maximum Gasteiger partial charge on any atom is 0.223 e. The van der Waals surface area contributed by atoms with Gasteiger partial charge in [-0.2, -0.15) is 0 Å². The fourth-order valence-corrected chi connectivity index (χ4v) is 2.17. The third kappa shape index (κ3) is 2.46. The maximum absolute atomic E-state index is 11.6. The lowest BCUT2D eigenvalue weighted by molar-refractivity contribution is -0.127. The van der Waals surface area contributed by atoms with Crippen molar-refractivity contribution in [1.82, 2.24) is 5.32 Å². The predicted octanol–water partition coefficient (Wildman–Crippen LogP) is 2.47. The van der Waals surface area contributed by atoms with E-state index >= 15 is 0 Å². The molecule has 0 heterocycles. The molecule has 1 saturated carbocycles. The molecule has 1 amide bonds. The first-order valence-electron chi connectivity index (χ1n) is 5.01. The Morgan fingerprint density at radius 3 is 2.54 bits per heavy atom. The number of carbonyl (C=O) groups is 1. The van der Waals surface area contributed by atoms with Gasteiger partial charge in [0.15, 0.2) is 0 Å². The summed E-state index contributed by atoms with van der Waals surface area (Å²) in [6, 6.07) is 0. The Hall–Kier alpha value is -0.0500. The fourth-order valence-electron chi connectivity index (χ4n) is 1.47. The molecule has 2 nitrogen and oxygen atoms in total. The first kappa shape index (κ1) is 11.0. The van der Waals surface area contributed by atoms with E-state index in [0.717, 1.165) is 24.6 Å². The molecule has 0 aromatic rings. The highest BCUT2D eigenvalue weighted by Gasteiger charge is 2.37. The maximum atomic E-state index is 11.6. The minimum absolute atomic E-state index is 0.0838. The first-order chi connectivity index (χ1) is 6.13. The van der Waals surface area contributed by atoms with Crippen molar-refractivity contribution in [1.29, 1.82) is 0 Å². The van der Waals surface area contributed by atoms with E-state index < -0.39 is 0 Å². The summed E-state index contributed by atoms with van der Waals surface area (Å²) in [5, 5.41) is 4.04. The standard InChI is InChI=1S/C10H18BrNO/c1-3-8(2)9(13)12-10(7-11)5-4-6-10/h8H,3-7H2,1-2H3,(H,12,13). The van der Waals surface area contributed by atoms with Crippen molar-refractivity contribution in [2.24, 2.45) is 5.92 Å². The van der Waals surface area contributed by atoms with Crippen molar-refractivity contribution in [2.45, 2.75) is 45.1 Å². The molecule has 3 heteroatoms. The van der Waals surface area contributed by atoms with Crippen LogP contribution in [0.1, 0.15) is 39.5 Å². The van der Waals surface area contributed by atoms with Crippen LogP contribution in [0, 0.1) is 5.92 Å². The first-order valence-corrected chi connectivity index (χ1v) is 6.13. The van der Waals surface area contributed by atoms with Crippen LogP contribution in [0.25, 0.3) is 0 Å². The second-order valence-electron chi connectivity index (χ2n) is 4.07. The lowest BCUT2D eigenvalue weighted by Gasteiger charge is -2.41. The third-order valence-corrected chi connectivity index (χ3v) is 4.09. The molecule has 0 saturated heterocycles. The van der Waals surface area contributed by atoms with Gasteiger partial charge in [0.1, 0.15) is 0 Å². The van der Waals surface area contributed by atoms with E-state index in [4.69, 9.17) is 0 Å². The van der Waals surface area contributed by atoms with Crippen LogP contribution in [0.5, 0.6) is 0 Å². The lowest BCUT2D eigenvalue weighted by Crippen LogP contribution is -2.56. The summed E-state index contributed by atoms with van der Waals surface area (Å²) in [6.45, 7) is 4.03. The second-order valence-corrected chi connectivity index (χ2v) is 4.63. The lowest BCUT2D eigenvalue weighted by atomic mass is 9.78. The third-order valence-electron chi connectivity index (χ3n) is 3.01. The van der Waals surface area contributed by atoms with Crippen molar-refractivity contribution >= 4 is 21.8 Å². The summed E-state index contributed by atoms with van der Waals surface area (Å²) in [6.07, 6.45) is 4.41. The topological polar surface area (TPSA) is 29.1 Å². The molecule has 1 atom stereocenters. The minimum Gasteiger partial charge on any atom is -0.350 e. The average Bonchev–Trinajstić information content (AvgIpc) is 2.09. The van der Waals surface area contributed by atoms with E-state index in [0.29, 0.717) is 0 Å². The molecule has 0 aromatic heterocycles. The largest absolute Gasteiger partial charge is 0.350 e. The number of halogens is 1. The molecule has 0 aromatic carbocycles. The molecule has 13 heavy (non-hydrogen) atoms. The summed E-state index contributed by atoms with van der Waals surface area (Å²) in [7, 11) is 0. The van der Waals surface area contributed by atoms with Crippen molar-refractivity contribution in [3.8, 4) is 0 Å². The molecule has 1 aliphatic rings. The summed E-state index contributed by atoms with van der Waals surface area (Å²) in [5.74, 6) is 0.359. The number of alkyl halides is 1. The van der Waals surface area contributed by atoms with Crippen molar-refractivity contribution in [3.05, 3.63) is 0 Å². The van der Waals surface area contributed by atoms with Crippen LogP contribution in [-0.4, -0.2) is 16.8 Å². The average molecular weight is 248 g/mol. The zero-order chi connectivity index (χ0) is 9.90. The molecule has 1 N–H and O–H groups in total. The number of amides is 1. The van der Waals surface area contributed by atoms with Crippen molar-refractivity contribution in [3.63, 3.8) is 0 Å². The number of hydrogen-bond acceptors (Lipinski definition) is 1. The Morgan fingerprint density at radius 1 is 1.62 bits per heavy atom. The van der Waals surface area contributed by atoms with Gasteiger partial charge in [-0.25, -0.2) is 0 Å². The molecule has 76 valence electrons. The Kier molecular flexibility index (Phi) is 3.77. The van der Waals surface area contributed by atoms with Gasteiger partial charge < -0.3 is 5.32 Å². The van der Waals surface area contributed by atoms with Crippen molar-refractivity contribution < 1.29 is 4.79 Å². The van der Waals surface area contributed by atoms with Gasteiger partial charge in [0.05, 0.1) is 0 Å². The number of hydrogen-bond donors (Lipinski definition) is 1. The monoisotopic (exact) mass is 247 g/mol. The van der Waals surface area contributed by atoms with Gasteiger partial charge >= 0.3 is 0 Å². The van der Waals surface area contributed by atoms with Crippen LogP contribution in [-0.2, 0) is 4.79 Å². The van der Waals surface area contributed by atoms with Gasteiger partial charge in [0.2, 0.25) is 5.91 Å². The van der Waals surface area contributed by atoms with Gasteiger partial charge in [-0.05, 0) is 25.7 Å². The summed E-state index contributed by atoms with van der Waals surface area (Å²) in [5.41, 5.74) is 0.0838. The van der Waals surface area contributed by atoms with Gasteiger partial charge in [-0.15, -0.1) is 0 Å². The summed E-state index contributed by atoms with van der Waals surface area (Å²) >= 11 is 3.47. The number of rotatable bonds is 4. The van der Waals surface area contributed by atoms with Gasteiger partial charge in [-0.3, -0.25) is 4.79 Å². The second kappa shape index (κ2) is 4.45. The highest BCUT2D eigenvalue weighted by atomic mass is 79.9. The SMILES string of the molecule is CCC(C)C(=O)NC1(CBr)CCC1. The zero-order valence-corrected chi connectivity index (χ0v) is 9.99. The summed E-state index contributed by atoms with van der Waals surface area (Å²) in [4.78, 5) is 11.6. The number of carbonyl (C=O) groups excluding carboxylic acids is 1. The van der Waals surface area contributed by atoms with Crippen LogP contribution < -0.4 is 5.32 Å².